The van der Waals surface area contributed by atoms with Crippen LogP contribution in [-0.4, -0.2) is 48.8 Å². The van der Waals surface area contributed by atoms with E-state index in [1.807, 2.05) is 31.2 Å². The van der Waals surface area contributed by atoms with Crippen LogP contribution in [0.4, 0.5) is 0 Å². The Morgan fingerprint density at radius 1 is 0.677 bits per heavy atom. The first-order valence-electron chi connectivity index (χ1n) is 10.3. The smallest absolute Gasteiger partial charge is 0.203 e. The Hall–Kier alpha value is -2.64. The van der Waals surface area contributed by atoms with Crippen LogP contribution in [0.15, 0.2) is 24.3 Å². The van der Waals surface area contributed by atoms with Gasteiger partial charge in [0, 0.05) is 17.4 Å². The first kappa shape index (κ1) is 21.6. The lowest BCUT2D eigenvalue weighted by Crippen LogP contribution is -2.15. The second-order valence-corrected chi connectivity index (χ2v) is 7.81. The Kier molecular flexibility index (Phi) is 6.16. The van der Waals surface area contributed by atoms with Crippen LogP contribution in [0.3, 0.4) is 0 Å². The molecular formula is C24H30O7. The van der Waals surface area contributed by atoms with Gasteiger partial charge in [0.25, 0.3) is 0 Å². The third-order valence-corrected chi connectivity index (χ3v) is 6.43. The van der Waals surface area contributed by atoms with E-state index in [0.717, 1.165) is 16.7 Å². The Balaban J connectivity index is 1.65. The van der Waals surface area contributed by atoms with Crippen LogP contribution in [0, 0.1) is 18.8 Å². The van der Waals surface area contributed by atoms with Crippen LogP contribution >= 0.6 is 0 Å². The van der Waals surface area contributed by atoms with Crippen LogP contribution in [-0.2, 0) is 9.47 Å². The Bertz CT molecular complexity index is 942. The fourth-order valence-electron chi connectivity index (χ4n) is 4.86. The molecule has 4 atom stereocenters. The number of hydrogen-bond acceptors (Lipinski definition) is 7. The average Bonchev–Trinajstić information content (AvgIpc) is 3.40. The SMILES string of the molecule is COc1ccc([C@H]2OC[C@H]3[C@@H]2CO[C@@H]3c2cc(OC)c(OC)c(OC)c2C)cc1OC. The third-order valence-electron chi connectivity index (χ3n) is 6.43. The molecule has 2 fully saturated rings. The molecule has 2 heterocycles. The highest BCUT2D eigenvalue weighted by Crippen LogP contribution is 2.53. The van der Waals surface area contributed by atoms with Gasteiger partial charge in [-0.05, 0) is 36.2 Å². The average molecular weight is 430 g/mol. The lowest BCUT2D eigenvalue weighted by atomic mass is 9.83. The minimum Gasteiger partial charge on any atom is -0.493 e. The molecule has 0 amide bonds. The maximum atomic E-state index is 6.32. The normalized spacial score (nSPS) is 24.6. The van der Waals surface area contributed by atoms with Crippen molar-refractivity contribution in [1.82, 2.24) is 0 Å². The summed E-state index contributed by atoms with van der Waals surface area (Å²) in [5.41, 5.74) is 3.09. The maximum Gasteiger partial charge on any atom is 0.203 e. The van der Waals surface area contributed by atoms with Crippen molar-refractivity contribution in [3.63, 3.8) is 0 Å². The van der Waals surface area contributed by atoms with Crippen molar-refractivity contribution < 1.29 is 33.2 Å². The summed E-state index contributed by atoms with van der Waals surface area (Å²) in [6.45, 7) is 3.25. The number of methoxy groups -OCH3 is 5. The van der Waals surface area contributed by atoms with E-state index in [4.69, 9.17) is 33.2 Å². The number of hydrogen-bond donors (Lipinski definition) is 0. The molecule has 0 unspecified atom stereocenters. The number of fused-ring (bicyclic) bond motifs is 1. The van der Waals surface area contributed by atoms with Crippen molar-refractivity contribution in [3.05, 3.63) is 41.0 Å². The van der Waals surface area contributed by atoms with Gasteiger partial charge in [0.2, 0.25) is 5.75 Å². The zero-order chi connectivity index (χ0) is 22.1. The fraction of sp³-hybridized carbons (Fsp3) is 0.500. The van der Waals surface area contributed by atoms with E-state index in [9.17, 15) is 0 Å². The summed E-state index contributed by atoms with van der Waals surface area (Å²) in [6.07, 6.45) is -0.166. The quantitative estimate of drug-likeness (QED) is 0.655. The van der Waals surface area contributed by atoms with E-state index in [1.54, 1.807) is 35.5 Å². The summed E-state index contributed by atoms with van der Waals surface area (Å²) in [6, 6.07) is 7.94. The molecule has 0 spiro atoms. The molecule has 2 aromatic carbocycles. The van der Waals surface area contributed by atoms with Crippen LogP contribution in [0.5, 0.6) is 28.7 Å². The van der Waals surface area contributed by atoms with Crippen molar-refractivity contribution in [2.24, 2.45) is 11.8 Å². The molecule has 2 aliphatic rings. The minimum atomic E-state index is -0.108. The highest BCUT2D eigenvalue weighted by Gasteiger charge is 2.49. The van der Waals surface area contributed by atoms with E-state index in [0.29, 0.717) is 42.0 Å². The van der Waals surface area contributed by atoms with Crippen LogP contribution < -0.4 is 23.7 Å². The zero-order valence-corrected chi connectivity index (χ0v) is 18.9. The molecule has 2 saturated heterocycles. The second kappa shape index (κ2) is 8.85. The molecule has 7 nitrogen and oxygen atoms in total. The molecule has 0 saturated carbocycles. The van der Waals surface area contributed by atoms with Gasteiger partial charge in [-0.25, -0.2) is 0 Å². The molecule has 2 aliphatic heterocycles. The molecule has 2 aromatic rings. The van der Waals surface area contributed by atoms with Gasteiger partial charge in [-0.1, -0.05) is 6.07 Å². The van der Waals surface area contributed by atoms with E-state index < -0.39 is 0 Å². The maximum absolute atomic E-state index is 6.32. The van der Waals surface area contributed by atoms with E-state index in [2.05, 4.69) is 0 Å². The van der Waals surface area contributed by atoms with Crippen molar-refractivity contribution in [1.29, 1.82) is 0 Å². The topological polar surface area (TPSA) is 64.6 Å². The molecule has 31 heavy (non-hydrogen) atoms. The molecule has 0 radical (unpaired) electrons. The monoisotopic (exact) mass is 430 g/mol. The second-order valence-electron chi connectivity index (χ2n) is 7.81. The third kappa shape index (κ3) is 3.55. The Morgan fingerprint density at radius 3 is 1.90 bits per heavy atom. The van der Waals surface area contributed by atoms with Gasteiger partial charge in [-0.3, -0.25) is 0 Å². The summed E-state index contributed by atoms with van der Waals surface area (Å²) in [4.78, 5) is 0. The van der Waals surface area contributed by atoms with Crippen molar-refractivity contribution >= 4 is 0 Å². The summed E-state index contributed by atoms with van der Waals surface area (Å²) in [5, 5.41) is 0. The van der Waals surface area contributed by atoms with E-state index >= 15 is 0 Å². The van der Waals surface area contributed by atoms with Crippen LogP contribution in [0.1, 0.15) is 28.9 Å². The Labute approximate surface area is 183 Å². The first-order valence-corrected chi connectivity index (χ1v) is 10.3. The molecule has 0 bridgehead atoms. The van der Waals surface area contributed by atoms with E-state index in [1.165, 1.54) is 0 Å². The number of benzene rings is 2. The van der Waals surface area contributed by atoms with Gasteiger partial charge < -0.3 is 33.2 Å². The van der Waals surface area contributed by atoms with Crippen molar-refractivity contribution in [3.8, 4) is 28.7 Å². The van der Waals surface area contributed by atoms with Gasteiger partial charge in [-0.15, -0.1) is 0 Å². The zero-order valence-electron chi connectivity index (χ0n) is 18.9. The van der Waals surface area contributed by atoms with Gasteiger partial charge in [0.15, 0.2) is 23.0 Å². The summed E-state index contributed by atoms with van der Waals surface area (Å²) in [5.74, 6) is 3.74. The molecule has 168 valence electrons. The molecular weight excluding hydrogens is 400 g/mol. The number of rotatable bonds is 7. The fourth-order valence-corrected chi connectivity index (χ4v) is 4.86. The highest BCUT2D eigenvalue weighted by molar-refractivity contribution is 5.59. The highest BCUT2D eigenvalue weighted by atomic mass is 16.5. The predicted octanol–water partition coefficient (Wildman–Crippen LogP) is 4.11. The first-order chi connectivity index (χ1) is 15.1. The molecule has 0 aromatic heterocycles. The lowest BCUT2D eigenvalue weighted by molar-refractivity contribution is 0.0188. The largest absolute Gasteiger partial charge is 0.493 e. The van der Waals surface area contributed by atoms with Gasteiger partial charge in [0.05, 0.1) is 61.0 Å². The molecule has 7 heteroatoms. The number of ether oxygens (including phenoxy) is 7. The van der Waals surface area contributed by atoms with Crippen LogP contribution in [0.25, 0.3) is 0 Å². The lowest BCUT2D eigenvalue weighted by Gasteiger charge is -2.23. The summed E-state index contributed by atoms with van der Waals surface area (Å²) < 4.78 is 40.2. The minimum absolute atomic E-state index is 0.0582. The van der Waals surface area contributed by atoms with Gasteiger partial charge in [0.1, 0.15) is 0 Å². The van der Waals surface area contributed by atoms with E-state index in [-0.39, 0.29) is 24.0 Å². The molecule has 0 N–H and O–H groups in total. The van der Waals surface area contributed by atoms with Crippen LogP contribution in [0.2, 0.25) is 0 Å². The van der Waals surface area contributed by atoms with Crippen molar-refractivity contribution in [2.75, 3.05) is 48.8 Å². The summed E-state index contributed by atoms with van der Waals surface area (Å²) in [7, 11) is 8.15. The Morgan fingerprint density at radius 2 is 1.29 bits per heavy atom. The molecule has 0 aliphatic carbocycles. The van der Waals surface area contributed by atoms with Gasteiger partial charge >= 0.3 is 0 Å². The standard InChI is InChI=1S/C24H30O7/c1-13-15(10-20(27-4)24(29-6)21(13)28-5)23-17-12-30-22(16(17)11-31-23)14-7-8-18(25-2)19(9-14)26-3/h7-10,16-17,22-23H,11-12H2,1-6H3/t16-,17-,22+,23+/m0/s1. The predicted molar refractivity (Wildman–Crippen MR) is 115 cm³/mol. The summed E-state index contributed by atoms with van der Waals surface area (Å²) >= 11 is 0. The van der Waals surface area contributed by atoms with Gasteiger partial charge in [-0.2, -0.15) is 0 Å². The molecule has 4 rings (SSSR count). The van der Waals surface area contributed by atoms with Crippen molar-refractivity contribution in [2.45, 2.75) is 19.1 Å².